The van der Waals surface area contributed by atoms with Crippen LogP contribution in [0.15, 0.2) is 54.6 Å². The fourth-order valence-electron chi connectivity index (χ4n) is 3.05. The molecule has 2 N–H and O–H groups in total. The zero-order chi connectivity index (χ0) is 18.8. The zero-order valence-electron chi connectivity index (χ0n) is 14.2. The van der Waals surface area contributed by atoms with Gasteiger partial charge in [-0.1, -0.05) is 47.7 Å². The van der Waals surface area contributed by atoms with Gasteiger partial charge in [0.2, 0.25) is 0 Å². The highest BCUT2D eigenvalue weighted by Crippen LogP contribution is 2.21. The first-order chi connectivity index (χ1) is 13.1. The Labute approximate surface area is 154 Å². The van der Waals surface area contributed by atoms with Crippen molar-refractivity contribution < 1.29 is 14.0 Å². The highest BCUT2D eigenvalue weighted by atomic mass is 19.1. The fraction of sp³-hybridized carbons (Fsp3) is 0.158. The second-order valence-corrected chi connectivity index (χ2v) is 6.22. The quantitative estimate of drug-likeness (QED) is 0.738. The lowest BCUT2D eigenvalue weighted by Gasteiger charge is -2.24. The van der Waals surface area contributed by atoms with Crippen molar-refractivity contribution in [3.05, 3.63) is 82.9 Å². The predicted octanol–water partition coefficient (Wildman–Crippen LogP) is 1.83. The first kappa shape index (κ1) is 16.9. The van der Waals surface area contributed by atoms with E-state index >= 15 is 0 Å². The molecule has 0 bridgehead atoms. The van der Waals surface area contributed by atoms with Crippen molar-refractivity contribution in [2.24, 2.45) is 0 Å². The van der Waals surface area contributed by atoms with Crippen LogP contribution in [0.4, 0.5) is 4.39 Å². The van der Waals surface area contributed by atoms with Gasteiger partial charge >= 0.3 is 0 Å². The third kappa shape index (κ3) is 3.41. The highest BCUT2D eigenvalue weighted by Gasteiger charge is 2.32. The average molecular weight is 365 g/mol. The minimum Gasteiger partial charge on any atom is -0.346 e. The van der Waals surface area contributed by atoms with Crippen molar-refractivity contribution in [3.8, 4) is 0 Å². The molecule has 8 heteroatoms. The van der Waals surface area contributed by atoms with Gasteiger partial charge in [0.25, 0.3) is 11.8 Å². The molecule has 2 heterocycles. The third-order valence-corrected chi connectivity index (χ3v) is 4.37. The van der Waals surface area contributed by atoms with Crippen LogP contribution in [-0.2, 0) is 13.1 Å². The van der Waals surface area contributed by atoms with Crippen molar-refractivity contribution in [2.75, 3.05) is 0 Å². The molecule has 1 aliphatic rings. The number of rotatable bonds is 4. The summed E-state index contributed by atoms with van der Waals surface area (Å²) in [6.07, 6.45) is 0. The van der Waals surface area contributed by atoms with Crippen LogP contribution in [0.25, 0.3) is 0 Å². The highest BCUT2D eigenvalue weighted by molar-refractivity contribution is 6.05. The van der Waals surface area contributed by atoms with Gasteiger partial charge in [0, 0.05) is 6.54 Å². The van der Waals surface area contributed by atoms with Gasteiger partial charge in [0.15, 0.2) is 11.4 Å². The predicted molar refractivity (Wildman–Crippen MR) is 94.2 cm³/mol. The van der Waals surface area contributed by atoms with E-state index in [0.717, 1.165) is 5.56 Å². The number of nitrogens with one attached hydrogen (secondary N) is 2. The normalized spacial score (nSPS) is 15.7. The van der Waals surface area contributed by atoms with E-state index in [0.29, 0.717) is 12.1 Å². The van der Waals surface area contributed by atoms with E-state index in [1.165, 1.54) is 16.8 Å². The lowest BCUT2D eigenvalue weighted by molar-refractivity contribution is 0.0876. The Hall–Kier alpha value is -3.55. The van der Waals surface area contributed by atoms with E-state index in [2.05, 4.69) is 20.9 Å². The molecule has 7 nitrogen and oxygen atoms in total. The van der Waals surface area contributed by atoms with Crippen LogP contribution in [0.3, 0.4) is 0 Å². The molecule has 27 heavy (non-hydrogen) atoms. The molecule has 4 rings (SSSR count). The van der Waals surface area contributed by atoms with Gasteiger partial charge in [-0.05, 0) is 23.3 Å². The van der Waals surface area contributed by atoms with Crippen molar-refractivity contribution in [1.29, 1.82) is 0 Å². The van der Waals surface area contributed by atoms with Crippen LogP contribution < -0.4 is 10.6 Å². The first-order valence-electron chi connectivity index (χ1n) is 8.44. The Morgan fingerprint density at radius 1 is 1.22 bits per heavy atom. The van der Waals surface area contributed by atoms with Gasteiger partial charge < -0.3 is 10.6 Å². The zero-order valence-corrected chi connectivity index (χ0v) is 14.2. The number of hydrogen-bond donors (Lipinski definition) is 2. The molecule has 2 aromatic carbocycles. The molecule has 1 atom stereocenters. The number of nitrogens with zero attached hydrogens (tertiary/aromatic N) is 3. The van der Waals surface area contributed by atoms with Crippen LogP contribution in [-0.4, -0.2) is 26.8 Å². The van der Waals surface area contributed by atoms with Gasteiger partial charge in [-0.3, -0.25) is 9.59 Å². The summed E-state index contributed by atoms with van der Waals surface area (Å²) in [7, 11) is 0. The second-order valence-electron chi connectivity index (χ2n) is 6.22. The summed E-state index contributed by atoms with van der Waals surface area (Å²) in [5, 5.41) is 13.4. The summed E-state index contributed by atoms with van der Waals surface area (Å²) in [6.45, 7) is 0.506. The van der Waals surface area contributed by atoms with Gasteiger partial charge in [0.1, 0.15) is 5.82 Å². The Morgan fingerprint density at radius 2 is 2.04 bits per heavy atom. The number of carbonyl (C=O) groups excluding carboxylic acids is 2. The van der Waals surface area contributed by atoms with Crippen LogP contribution in [0.1, 0.15) is 38.1 Å². The minimum absolute atomic E-state index is 0.0459. The van der Waals surface area contributed by atoms with Gasteiger partial charge in [-0.2, -0.15) is 0 Å². The first-order valence-corrected chi connectivity index (χ1v) is 8.44. The van der Waals surface area contributed by atoms with E-state index in [4.69, 9.17) is 0 Å². The summed E-state index contributed by atoms with van der Waals surface area (Å²) in [5.41, 5.74) is 1.64. The Kier molecular flexibility index (Phi) is 4.37. The summed E-state index contributed by atoms with van der Waals surface area (Å²) < 4.78 is 14.7. The fourth-order valence-corrected chi connectivity index (χ4v) is 3.05. The number of fused-ring (bicyclic) bond motifs is 1. The second kappa shape index (κ2) is 6.99. The molecule has 1 aliphatic heterocycles. The lowest BCUT2D eigenvalue weighted by Crippen LogP contribution is -2.40. The van der Waals surface area contributed by atoms with Gasteiger partial charge in [0.05, 0.1) is 12.6 Å². The Bertz CT molecular complexity index is 1000. The van der Waals surface area contributed by atoms with Crippen LogP contribution in [0.2, 0.25) is 0 Å². The number of amides is 2. The molecule has 0 fully saturated rings. The lowest BCUT2D eigenvalue weighted by atomic mass is 10.0. The van der Waals surface area contributed by atoms with E-state index in [-0.39, 0.29) is 29.8 Å². The maximum atomic E-state index is 13.2. The standard InChI is InChI=1S/C19H16FN5O2/c20-14-8-4-5-12(9-14)10-21-18(26)16-17-19(27)22-15(11-25(17)24-23-16)13-6-2-1-3-7-13/h1-9,15H,10-11H2,(H,21,26)(H,22,27)/t15-/m1/s1. The molecule has 1 aromatic heterocycles. The SMILES string of the molecule is O=C(NCc1cccc(F)c1)c1nnn2c1C(=O)N[C@@H](c1ccccc1)C2. The Balaban J connectivity index is 1.51. The molecule has 0 saturated heterocycles. The molecule has 136 valence electrons. The van der Waals surface area contributed by atoms with E-state index in [9.17, 15) is 14.0 Å². The van der Waals surface area contributed by atoms with Crippen molar-refractivity contribution in [1.82, 2.24) is 25.6 Å². The maximum Gasteiger partial charge on any atom is 0.274 e. The topological polar surface area (TPSA) is 88.9 Å². The van der Waals surface area contributed by atoms with Crippen molar-refractivity contribution >= 4 is 11.8 Å². The molecular formula is C19H16FN5O2. The molecule has 0 radical (unpaired) electrons. The van der Waals surface area contributed by atoms with Crippen LogP contribution >= 0.6 is 0 Å². The molecule has 2 amide bonds. The summed E-state index contributed by atoms with van der Waals surface area (Å²) >= 11 is 0. The summed E-state index contributed by atoms with van der Waals surface area (Å²) in [5.74, 6) is -1.32. The van der Waals surface area contributed by atoms with Crippen LogP contribution in [0, 0.1) is 5.82 Å². The molecule has 0 aliphatic carbocycles. The number of hydrogen-bond acceptors (Lipinski definition) is 4. The minimum atomic E-state index is -0.533. The van der Waals surface area contributed by atoms with Crippen LogP contribution in [0.5, 0.6) is 0 Å². The monoisotopic (exact) mass is 365 g/mol. The molecule has 0 unspecified atom stereocenters. The summed E-state index contributed by atoms with van der Waals surface area (Å²) in [6, 6.07) is 15.2. The number of halogens is 1. The van der Waals surface area contributed by atoms with E-state index in [1.807, 2.05) is 30.3 Å². The number of benzene rings is 2. The summed E-state index contributed by atoms with van der Waals surface area (Å²) in [4.78, 5) is 25.0. The third-order valence-electron chi connectivity index (χ3n) is 4.37. The van der Waals surface area contributed by atoms with Crippen molar-refractivity contribution in [2.45, 2.75) is 19.1 Å². The Morgan fingerprint density at radius 3 is 2.81 bits per heavy atom. The largest absolute Gasteiger partial charge is 0.346 e. The molecule has 0 saturated carbocycles. The average Bonchev–Trinajstić information content (AvgIpc) is 3.12. The molecular weight excluding hydrogens is 349 g/mol. The van der Waals surface area contributed by atoms with Crippen molar-refractivity contribution in [3.63, 3.8) is 0 Å². The molecule has 3 aromatic rings. The smallest absolute Gasteiger partial charge is 0.274 e. The number of carbonyl (C=O) groups is 2. The number of aromatic nitrogens is 3. The molecule has 0 spiro atoms. The van der Waals surface area contributed by atoms with Gasteiger partial charge in [-0.25, -0.2) is 9.07 Å². The van der Waals surface area contributed by atoms with E-state index in [1.54, 1.807) is 12.1 Å². The van der Waals surface area contributed by atoms with E-state index < -0.39 is 11.8 Å². The van der Waals surface area contributed by atoms with Gasteiger partial charge in [-0.15, -0.1) is 5.10 Å². The maximum absolute atomic E-state index is 13.2.